The molecule has 1 aromatic carbocycles. The zero-order chi connectivity index (χ0) is 13.9. The molecule has 0 aliphatic carbocycles. The van der Waals surface area contributed by atoms with Crippen molar-refractivity contribution in [3.05, 3.63) is 35.9 Å². The first-order chi connectivity index (χ1) is 9.77. The van der Waals surface area contributed by atoms with Crippen molar-refractivity contribution in [2.75, 3.05) is 26.2 Å². The Bertz CT molecular complexity index is 457. The molecule has 0 radical (unpaired) electrons. The minimum Gasteiger partial charge on any atom is -0.366 e. The van der Waals surface area contributed by atoms with E-state index in [1.165, 1.54) is 5.56 Å². The van der Waals surface area contributed by atoms with E-state index in [0.29, 0.717) is 19.1 Å². The van der Waals surface area contributed by atoms with E-state index in [-0.39, 0.29) is 18.1 Å². The summed E-state index contributed by atoms with van der Waals surface area (Å²) in [6, 6.07) is 10.7. The van der Waals surface area contributed by atoms with E-state index in [1.54, 1.807) is 0 Å². The molecule has 2 aliphatic heterocycles. The van der Waals surface area contributed by atoms with Crippen molar-refractivity contribution in [1.82, 2.24) is 10.2 Å². The maximum atomic E-state index is 12.5. The van der Waals surface area contributed by atoms with Crippen molar-refractivity contribution in [3.8, 4) is 0 Å². The summed E-state index contributed by atoms with van der Waals surface area (Å²) in [5.41, 5.74) is 1.33. The molecule has 4 nitrogen and oxygen atoms in total. The Morgan fingerprint density at radius 2 is 2.15 bits per heavy atom. The number of nitrogens with zero attached hydrogens (tertiary/aromatic N) is 1. The summed E-state index contributed by atoms with van der Waals surface area (Å²) in [5.74, 6) is 0.583. The first-order valence-corrected chi connectivity index (χ1v) is 7.45. The maximum absolute atomic E-state index is 12.5. The molecule has 3 atom stereocenters. The van der Waals surface area contributed by atoms with Gasteiger partial charge in [-0.3, -0.25) is 4.79 Å². The van der Waals surface area contributed by atoms with Crippen LogP contribution in [0.15, 0.2) is 30.3 Å². The van der Waals surface area contributed by atoms with Crippen LogP contribution in [0, 0.1) is 0 Å². The minimum atomic E-state index is -0.305. The van der Waals surface area contributed by atoms with Gasteiger partial charge >= 0.3 is 0 Å². The third-order valence-corrected chi connectivity index (χ3v) is 4.47. The summed E-state index contributed by atoms with van der Waals surface area (Å²) in [6.45, 7) is 5.09. The average Bonchev–Trinajstić information content (AvgIpc) is 2.90. The van der Waals surface area contributed by atoms with Crippen molar-refractivity contribution in [1.29, 1.82) is 0 Å². The van der Waals surface area contributed by atoms with Crippen LogP contribution < -0.4 is 5.32 Å². The number of ether oxygens (including phenoxy) is 1. The van der Waals surface area contributed by atoms with Crippen LogP contribution in [0.5, 0.6) is 0 Å². The van der Waals surface area contributed by atoms with Crippen molar-refractivity contribution in [3.63, 3.8) is 0 Å². The second kappa shape index (κ2) is 5.94. The molecule has 1 amide bonds. The number of carbonyl (C=O) groups excluding carboxylic acids is 1. The minimum absolute atomic E-state index is 0.142. The van der Waals surface area contributed by atoms with E-state index >= 15 is 0 Å². The van der Waals surface area contributed by atoms with Gasteiger partial charge in [-0.15, -0.1) is 0 Å². The molecule has 3 rings (SSSR count). The van der Waals surface area contributed by atoms with Gasteiger partial charge in [-0.1, -0.05) is 30.3 Å². The van der Waals surface area contributed by atoms with Crippen LogP contribution in [-0.2, 0) is 9.53 Å². The van der Waals surface area contributed by atoms with E-state index in [0.717, 1.165) is 19.5 Å². The third kappa shape index (κ3) is 2.58. The van der Waals surface area contributed by atoms with Crippen molar-refractivity contribution in [2.45, 2.75) is 31.4 Å². The molecule has 2 saturated heterocycles. The van der Waals surface area contributed by atoms with Gasteiger partial charge in [0.1, 0.15) is 6.10 Å². The fourth-order valence-electron chi connectivity index (χ4n) is 3.31. The monoisotopic (exact) mass is 274 g/mol. The van der Waals surface area contributed by atoms with Crippen molar-refractivity contribution < 1.29 is 9.53 Å². The first-order valence-electron chi connectivity index (χ1n) is 7.45. The summed E-state index contributed by atoms with van der Waals surface area (Å²) in [5, 5.41) is 3.22. The molecule has 3 unspecified atom stereocenters. The Hall–Kier alpha value is -1.39. The van der Waals surface area contributed by atoms with Crippen LogP contribution in [0.4, 0.5) is 0 Å². The largest absolute Gasteiger partial charge is 0.366 e. The van der Waals surface area contributed by atoms with Gasteiger partial charge in [0.25, 0.3) is 5.91 Å². The number of amides is 1. The predicted octanol–water partition coefficient (Wildman–Crippen LogP) is 1.38. The number of morpholine rings is 1. The Morgan fingerprint density at radius 1 is 1.35 bits per heavy atom. The predicted molar refractivity (Wildman–Crippen MR) is 77.6 cm³/mol. The molecule has 1 aromatic rings. The summed E-state index contributed by atoms with van der Waals surface area (Å²) < 4.78 is 5.59. The van der Waals surface area contributed by atoms with Gasteiger partial charge in [-0.2, -0.15) is 0 Å². The molecule has 4 heteroatoms. The highest BCUT2D eigenvalue weighted by molar-refractivity contribution is 5.82. The second-order valence-electron chi connectivity index (χ2n) is 5.64. The lowest BCUT2D eigenvalue weighted by Gasteiger charge is -2.31. The molecule has 20 heavy (non-hydrogen) atoms. The van der Waals surface area contributed by atoms with Gasteiger partial charge in [0.05, 0.1) is 6.61 Å². The van der Waals surface area contributed by atoms with E-state index in [2.05, 4.69) is 36.5 Å². The van der Waals surface area contributed by atoms with Crippen LogP contribution in [0.1, 0.15) is 24.8 Å². The molecule has 108 valence electrons. The van der Waals surface area contributed by atoms with E-state index in [9.17, 15) is 4.79 Å². The molecule has 0 spiro atoms. The highest BCUT2D eigenvalue weighted by Crippen LogP contribution is 2.33. The normalized spacial score (nSPS) is 30.4. The molecule has 0 bridgehead atoms. The molecule has 2 heterocycles. The molecular formula is C16H22N2O2. The van der Waals surface area contributed by atoms with Gasteiger partial charge in [0, 0.05) is 31.6 Å². The summed E-state index contributed by atoms with van der Waals surface area (Å²) in [7, 11) is 0. The van der Waals surface area contributed by atoms with Crippen LogP contribution in [0.25, 0.3) is 0 Å². The number of hydrogen-bond donors (Lipinski definition) is 1. The Kier molecular flexibility index (Phi) is 4.03. The molecule has 1 N–H and O–H groups in total. The lowest BCUT2D eigenvalue weighted by atomic mass is 9.93. The third-order valence-electron chi connectivity index (χ3n) is 4.47. The molecule has 2 aliphatic rings. The maximum Gasteiger partial charge on any atom is 0.253 e. The number of hydrogen-bond acceptors (Lipinski definition) is 3. The number of benzene rings is 1. The first kappa shape index (κ1) is 13.6. The smallest absolute Gasteiger partial charge is 0.253 e. The van der Waals surface area contributed by atoms with Gasteiger partial charge < -0.3 is 15.0 Å². The van der Waals surface area contributed by atoms with Crippen molar-refractivity contribution in [2.24, 2.45) is 0 Å². The fraction of sp³-hybridized carbons (Fsp3) is 0.562. The number of likely N-dealkylation sites (tertiary alicyclic amines) is 1. The summed E-state index contributed by atoms with van der Waals surface area (Å²) in [6.07, 6.45) is 0.734. The van der Waals surface area contributed by atoms with Crippen LogP contribution in [0.3, 0.4) is 0 Å². The van der Waals surface area contributed by atoms with Gasteiger partial charge in [-0.05, 0) is 18.9 Å². The number of carbonyl (C=O) groups is 1. The summed E-state index contributed by atoms with van der Waals surface area (Å²) >= 11 is 0. The molecular weight excluding hydrogens is 252 g/mol. The number of nitrogens with one attached hydrogen (secondary N) is 1. The topological polar surface area (TPSA) is 41.6 Å². The van der Waals surface area contributed by atoms with Crippen LogP contribution in [0.2, 0.25) is 0 Å². The zero-order valence-electron chi connectivity index (χ0n) is 11.9. The van der Waals surface area contributed by atoms with Gasteiger partial charge in [-0.25, -0.2) is 0 Å². The standard InChI is InChI=1S/C16H22N2O2/c1-12-14(13-5-3-2-4-6-13)7-9-18(12)16(19)15-11-17-8-10-20-15/h2-6,12,14-15,17H,7-11H2,1H3. The Balaban J connectivity index is 1.69. The van der Waals surface area contributed by atoms with Gasteiger partial charge in [0.2, 0.25) is 0 Å². The zero-order valence-corrected chi connectivity index (χ0v) is 11.9. The quantitative estimate of drug-likeness (QED) is 0.886. The second-order valence-corrected chi connectivity index (χ2v) is 5.64. The highest BCUT2D eigenvalue weighted by atomic mass is 16.5. The Labute approximate surface area is 120 Å². The summed E-state index contributed by atoms with van der Waals surface area (Å²) in [4.78, 5) is 14.5. The fourth-order valence-corrected chi connectivity index (χ4v) is 3.31. The number of rotatable bonds is 2. The Morgan fingerprint density at radius 3 is 2.85 bits per heavy atom. The highest BCUT2D eigenvalue weighted by Gasteiger charge is 2.38. The molecule has 0 aromatic heterocycles. The van der Waals surface area contributed by atoms with Crippen LogP contribution in [-0.4, -0.2) is 49.2 Å². The molecule has 0 saturated carbocycles. The van der Waals surface area contributed by atoms with E-state index < -0.39 is 0 Å². The lowest BCUT2D eigenvalue weighted by Crippen LogP contribution is -2.50. The van der Waals surface area contributed by atoms with E-state index in [4.69, 9.17) is 4.74 Å². The van der Waals surface area contributed by atoms with E-state index in [1.807, 2.05) is 11.0 Å². The average molecular weight is 274 g/mol. The van der Waals surface area contributed by atoms with Crippen LogP contribution >= 0.6 is 0 Å². The molecule has 2 fully saturated rings. The van der Waals surface area contributed by atoms with Crippen molar-refractivity contribution >= 4 is 5.91 Å². The van der Waals surface area contributed by atoms with Gasteiger partial charge in [0.15, 0.2) is 0 Å². The SMILES string of the molecule is CC1C(c2ccccc2)CCN1C(=O)C1CNCCO1. The lowest BCUT2D eigenvalue weighted by molar-refractivity contribution is -0.145.